The zero-order chi connectivity index (χ0) is 20.8. The number of carbonyl (C=O) groups excluding carboxylic acids is 2. The highest BCUT2D eigenvalue weighted by Gasteiger charge is 2.32. The quantitative estimate of drug-likeness (QED) is 0.783. The van der Waals surface area contributed by atoms with E-state index in [-0.39, 0.29) is 18.4 Å². The lowest BCUT2D eigenvalue weighted by Gasteiger charge is -2.33. The molecule has 1 heterocycles. The molecule has 1 N–H and O–H groups in total. The summed E-state index contributed by atoms with van der Waals surface area (Å²) in [6, 6.07) is 15.4. The average molecular weight is 396 g/mol. The Balaban J connectivity index is 1.68. The number of ether oxygens (including phenoxy) is 1. The van der Waals surface area contributed by atoms with Crippen LogP contribution in [-0.2, 0) is 22.7 Å². The van der Waals surface area contributed by atoms with Crippen molar-refractivity contribution in [2.75, 3.05) is 24.5 Å². The molecule has 1 atom stereocenters. The van der Waals surface area contributed by atoms with Crippen LogP contribution in [0.25, 0.3) is 0 Å². The smallest absolute Gasteiger partial charge is 0.263 e. The second-order valence-electron chi connectivity index (χ2n) is 7.15. The molecular weight excluding hydrogens is 366 g/mol. The van der Waals surface area contributed by atoms with Crippen LogP contribution in [0.4, 0.5) is 5.69 Å². The predicted octanol–water partition coefficient (Wildman–Crippen LogP) is 2.96. The lowest BCUT2D eigenvalue weighted by atomic mass is 10.1. The summed E-state index contributed by atoms with van der Waals surface area (Å²) in [5.41, 5.74) is 3.00. The summed E-state index contributed by atoms with van der Waals surface area (Å²) in [4.78, 5) is 28.8. The van der Waals surface area contributed by atoms with Gasteiger partial charge in [0.2, 0.25) is 5.91 Å². The molecule has 0 aliphatic carbocycles. The van der Waals surface area contributed by atoms with E-state index in [1.165, 1.54) is 12.5 Å². The summed E-state index contributed by atoms with van der Waals surface area (Å²) in [6.45, 7) is 9.24. The number of hydrogen-bond donors (Lipinski definition) is 1. The highest BCUT2D eigenvalue weighted by molar-refractivity contribution is 5.95. The fourth-order valence-electron chi connectivity index (χ4n) is 3.54. The fraction of sp³-hybridized carbons (Fsp3) is 0.391. The van der Waals surface area contributed by atoms with E-state index in [4.69, 9.17) is 4.74 Å². The van der Waals surface area contributed by atoms with Gasteiger partial charge < -0.3 is 15.0 Å². The highest BCUT2D eigenvalue weighted by atomic mass is 16.5. The van der Waals surface area contributed by atoms with Crippen LogP contribution in [0.5, 0.6) is 5.75 Å². The van der Waals surface area contributed by atoms with Gasteiger partial charge >= 0.3 is 0 Å². The maximum atomic E-state index is 12.8. The Bertz CT molecular complexity index is 864. The normalized spacial score (nSPS) is 15.6. The van der Waals surface area contributed by atoms with Gasteiger partial charge in [0.1, 0.15) is 5.75 Å². The lowest BCUT2D eigenvalue weighted by Crippen LogP contribution is -2.50. The van der Waals surface area contributed by atoms with Crippen LogP contribution < -0.4 is 15.0 Å². The van der Waals surface area contributed by atoms with Gasteiger partial charge in [-0.25, -0.2) is 0 Å². The standard InChI is InChI=1S/C23H29N3O3/c1-4-25(5-2)15-19-11-7-6-10-18(19)14-24-23(28)22-16-26(17(3)27)20-12-8-9-13-21(20)29-22/h6-13,22H,4-5,14-16H2,1-3H3,(H,24,28). The van der Waals surface area contributed by atoms with E-state index in [1.54, 1.807) is 11.0 Å². The minimum atomic E-state index is -0.733. The number of benzene rings is 2. The van der Waals surface area contributed by atoms with Crippen molar-refractivity contribution in [3.05, 3.63) is 59.7 Å². The van der Waals surface area contributed by atoms with Crippen molar-refractivity contribution >= 4 is 17.5 Å². The largest absolute Gasteiger partial charge is 0.477 e. The number of rotatable bonds is 7. The van der Waals surface area contributed by atoms with Gasteiger partial charge in [0.15, 0.2) is 6.10 Å². The number of amides is 2. The molecule has 0 radical (unpaired) electrons. The first kappa shape index (κ1) is 20.9. The molecule has 1 aliphatic heterocycles. The zero-order valence-corrected chi connectivity index (χ0v) is 17.4. The first-order valence-electron chi connectivity index (χ1n) is 10.1. The zero-order valence-electron chi connectivity index (χ0n) is 17.4. The number of para-hydroxylation sites is 2. The molecule has 1 unspecified atom stereocenters. The third kappa shape index (κ3) is 4.95. The molecule has 6 heteroatoms. The Morgan fingerprint density at radius 3 is 2.41 bits per heavy atom. The molecule has 3 rings (SSSR count). The molecule has 154 valence electrons. The van der Waals surface area contributed by atoms with E-state index in [2.05, 4.69) is 30.1 Å². The van der Waals surface area contributed by atoms with Crippen LogP contribution in [0.2, 0.25) is 0 Å². The molecule has 29 heavy (non-hydrogen) atoms. The SMILES string of the molecule is CCN(CC)Cc1ccccc1CNC(=O)C1CN(C(C)=O)c2ccccc2O1. The Labute approximate surface area is 172 Å². The van der Waals surface area contributed by atoms with Gasteiger partial charge in [-0.2, -0.15) is 0 Å². The van der Waals surface area contributed by atoms with Crippen molar-refractivity contribution in [1.82, 2.24) is 10.2 Å². The van der Waals surface area contributed by atoms with E-state index in [9.17, 15) is 9.59 Å². The Hall–Kier alpha value is -2.86. The number of hydrogen-bond acceptors (Lipinski definition) is 4. The molecule has 0 spiro atoms. The third-order valence-electron chi connectivity index (χ3n) is 5.31. The Kier molecular flexibility index (Phi) is 6.88. The molecule has 0 saturated carbocycles. The van der Waals surface area contributed by atoms with Crippen molar-refractivity contribution < 1.29 is 14.3 Å². The maximum Gasteiger partial charge on any atom is 0.263 e. The number of nitrogens with zero attached hydrogens (tertiary/aromatic N) is 2. The predicted molar refractivity (Wildman–Crippen MR) is 114 cm³/mol. The van der Waals surface area contributed by atoms with Gasteiger partial charge in [-0.1, -0.05) is 50.2 Å². The van der Waals surface area contributed by atoms with Crippen molar-refractivity contribution in [3.63, 3.8) is 0 Å². The summed E-state index contributed by atoms with van der Waals surface area (Å²) in [7, 11) is 0. The van der Waals surface area contributed by atoms with Crippen molar-refractivity contribution in [3.8, 4) is 5.75 Å². The maximum absolute atomic E-state index is 12.8. The number of nitrogens with one attached hydrogen (secondary N) is 1. The minimum Gasteiger partial charge on any atom is -0.477 e. The second kappa shape index (κ2) is 9.56. The van der Waals surface area contributed by atoms with Crippen LogP contribution >= 0.6 is 0 Å². The van der Waals surface area contributed by atoms with Gasteiger partial charge in [0, 0.05) is 20.0 Å². The Morgan fingerprint density at radius 1 is 1.07 bits per heavy atom. The van der Waals surface area contributed by atoms with Gasteiger partial charge in [-0.3, -0.25) is 14.5 Å². The topological polar surface area (TPSA) is 61.9 Å². The molecule has 0 aromatic heterocycles. The van der Waals surface area contributed by atoms with Crippen molar-refractivity contribution in [1.29, 1.82) is 0 Å². The molecule has 2 amide bonds. The van der Waals surface area contributed by atoms with Crippen LogP contribution in [0.1, 0.15) is 31.9 Å². The van der Waals surface area contributed by atoms with Crippen LogP contribution in [0, 0.1) is 0 Å². The monoisotopic (exact) mass is 395 g/mol. The Morgan fingerprint density at radius 2 is 1.72 bits per heavy atom. The van der Waals surface area contributed by atoms with Gasteiger partial charge in [0.25, 0.3) is 5.91 Å². The van der Waals surface area contributed by atoms with Crippen LogP contribution in [0.3, 0.4) is 0 Å². The second-order valence-corrected chi connectivity index (χ2v) is 7.15. The van der Waals surface area contributed by atoms with Gasteiger partial charge in [0.05, 0.1) is 12.2 Å². The molecule has 2 aromatic carbocycles. The number of carbonyl (C=O) groups is 2. The summed E-state index contributed by atoms with van der Waals surface area (Å²) in [5.74, 6) is 0.225. The van der Waals surface area contributed by atoms with Gasteiger partial charge in [-0.15, -0.1) is 0 Å². The summed E-state index contributed by atoms with van der Waals surface area (Å²) < 4.78 is 5.88. The molecule has 0 saturated heterocycles. The molecule has 2 aromatic rings. The molecular formula is C23H29N3O3. The van der Waals surface area contributed by atoms with E-state index in [0.717, 1.165) is 25.2 Å². The van der Waals surface area contributed by atoms with E-state index in [0.29, 0.717) is 18.0 Å². The van der Waals surface area contributed by atoms with Crippen LogP contribution in [0.15, 0.2) is 48.5 Å². The van der Waals surface area contributed by atoms with Crippen LogP contribution in [-0.4, -0.2) is 42.5 Å². The van der Waals surface area contributed by atoms with Crippen molar-refractivity contribution in [2.45, 2.75) is 40.0 Å². The highest BCUT2D eigenvalue weighted by Crippen LogP contribution is 2.33. The molecule has 6 nitrogen and oxygen atoms in total. The number of anilines is 1. The lowest BCUT2D eigenvalue weighted by molar-refractivity contribution is -0.128. The molecule has 1 aliphatic rings. The third-order valence-corrected chi connectivity index (χ3v) is 5.31. The fourth-order valence-corrected chi connectivity index (χ4v) is 3.54. The minimum absolute atomic E-state index is 0.108. The first-order valence-corrected chi connectivity index (χ1v) is 10.1. The summed E-state index contributed by atoms with van der Waals surface area (Å²) in [6.07, 6.45) is -0.733. The molecule has 0 bridgehead atoms. The van der Waals surface area contributed by atoms with E-state index >= 15 is 0 Å². The number of fused-ring (bicyclic) bond motifs is 1. The van der Waals surface area contributed by atoms with Crippen molar-refractivity contribution in [2.24, 2.45) is 0 Å². The summed E-state index contributed by atoms with van der Waals surface area (Å²) in [5, 5.41) is 2.99. The van der Waals surface area contributed by atoms with Gasteiger partial charge in [-0.05, 0) is 36.3 Å². The summed E-state index contributed by atoms with van der Waals surface area (Å²) >= 11 is 0. The van der Waals surface area contributed by atoms with E-state index in [1.807, 2.05) is 36.4 Å². The average Bonchev–Trinajstić information content (AvgIpc) is 2.75. The van der Waals surface area contributed by atoms with E-state index < -0.39 is 6.10 Å². The molecule has 0 fully saturated rings. The first-order chi connectivity index (χ1) is 14.0.